The van der Waals surface area contributed by atoms with Crippen LogP contribution in [-0.2, 0) is 17.6 Å². The van der Waals surface area contributed by atoms with Crippen molar-refractivity contribution in [2.45, 2.75) is 19.8 Å². The number of carboxylic acid groups (broad SMARTS) is 1. The molecular weight excluding hydrogens is 346 g/mol. The Hall–Kier alpha value is -3.35. The van der Waals surface area contributed by atoms with Gasteiger partial charge in [-0.2, -0.15) is 5.10 Å². The Morgan fingerprint density at radius 3 is 2.85 bits per heavy atom. The molecule has 27 heavy (non-hydrogen) atoms. The number of aliphatic imine (C=N–C) groups is 1. The molecule has 3 N–H and O–H groups in total. The van der Waals surface area contributed by atoms with E-state index in [1.807, 2.05) is 19.1 Å². The maximum Gasteiger partial charge on any atom is 0.341 e. The fourth-order valence-corrected chi connectivity index (χ4v) is 3.61. The van der Waals surface area contributed by atoms with Gasteiger partial charge in [0.15, 0.2) is 0 Å². The number of aromatic nitrogens is 2. The zero-order valence-corrected chi connectivity index (χ0v) is 14.8. The molecule has 0 aliphatic carbocycles. The second-order valence-corrected chi connectivity index (χ2v) is 6.54. The van der Waals surface area contributed by atoms with E-state index in [-0.39, 0.29) is 11.3 Å². The molecule has 2 aliphatic rings. The first-order chi connectivity index (χ1) is 13.1. The molecule has 7 nitrogen and oxygen atoms in total. The molecule has 0 radical (unpaired) electrons. The Morgan fingerprint density at radius 2 is 2.11 bits per heavy atom. The molecule has 1 aromatic carbocycles. The van der Waals surface area contributed by atoms with E-state index in [1.54, 1.807) is 6.20 Å². The lowest BCUT2D eigenvalue weighted by molar-refractivity contribution is -0.132. The highest BCUT2D eigenvalue weighted by molar-refractivity contribution is 6.09. The van der Waals surface area contributed by atoms with E-state index in [0.717, 1.165) is 45.7 Å². The van der Waals surface area contributed by atoms with Crippen molar-refractivity contribution in [3.05, 3.63) is 52.4 Å². The number of aliphatic hydroxyl groups is 1. The lowest BCUT2D eigenvalue weighted by Gasteiger charge is -2.18. The highest BCUT2D eigenvalue weighted by Crippen LogP contribution is 2.42. The van der Waals surface area contributed by atoms with Crippen molar-refractivity contribution in [2.24, 2.45) is 4.99 Å². The molecule has 3 heterocycles. The summed E-state index contributed by atoms with van der Waals surface area (Å²) in [4.78, 5) is 15.6. The number of fused-ring (bicyclic) bond motifs is 3. The van der Waals surface area contributed by atoms with E-state index in [0.29, 0.717) is 19.6 Å². The van der Waals surface area contributed by atoms with Gasteiger partial charge < -0.3 is 14.9 Å². The highest BCUT2D eigenvalue weighted by Gasteiger charge is 2.25. The number of H-pyrrole nitrogens is 1. The number of aromatic amines is 1. The summed E-state index contributed by atoms with van der Waals surface area (Å²) in [6, 6.07) is 3.89. The normalized spacial score (nSPS) is 18.3. The molecule has 7 heteroatoms. The fraction of sp³-hybridized carbons (Fsp3) is 0.250. The predicted octanol–water partition coefficient (Wildman–Crippen LogP) is 2.94. The molecule has 1 aromatic heterocycles. The molecule has 0 bridgehead atoms. The minimum Gasteiger partial charge on any atom is -0.507 e. The van der Waals surface area contributed by atoms with Gasteiger partial charge in [-0.05, 0) is 48.3 Å². The Kier molecular flexibility index (Phi) is 4.27. The van der Waals surface area contributed by atoms with Crippen LogP contribution < -0.4 is 4.74 Å². The van der Waals surface area contributed by atoms with Gasteiger partial charge in [0.1, 0.15) is 17.1 Å². The van der Waals surface area contributed by atoms with Crippen LogP contribution in [0, 0.1) is 0 Å². The maximum absolute atomic E-state index is 11.4. The van der Waals surface area contributed by atoms with Crippen molar-refractivity contribution >= 4 is 17.8 Å². The number of hydrogen-bond acceptors (Lipinski definition) is 5. The number of rotatable bonds is 2. The van der Waals surface area contributed by atoms with E-state index < -0.39 is 5.97 Å². The minimum atomic E-state index is -1.21. The number of aliphatic carboxylic acids is 1. The largest absolute Gasteiger partial charge is 0.507 e. The lowest BCUT2D eigenvalue weighted by Crippen LogP contribution is -2.08. The number of hydrogen-bond donors (Lipinski definition) is 3. The van der Waals surface area contributed by atoms with Crippen LogP contribution in [0.1, 0.15) is 23.6 Å². The second kappa shape index (κ2) is 6.75. The first-order valence-corrected chi connectivity index (χ1v) is 8.72. The molecule has 0 saturated heterocycles. The van der Waals surface area contributed by atoms with Crippen LogP contribution in [0.25, 0.3) is 16.8 Å². The van der Waals surface area contributed by atoms with Gasteiger partial charge >= 0.3 is 5.97 Å². The molecule has 2 aromatic rings. The molecule has 0 saturated carbocycles. The van der Waals surface area contributed by atoms with Gasteiger partial charge in [0.25, 0.3) is 0 Å². The number of carboxylic acids is 1. The second-order valence-electron chi connectivity index (χ2n) is 6.54. The zero-order valence-electron chi connectivity index (χ0n) is 14.8. The van der Waals surface area contributed by atoms with Crippen LogP contribution in [0.3, 0.4) is 0 Å². The summed E-state index contributed by atoms with van der Waals surface area (Å²) in [5, 5.41) is 26.6. The number of ether oxygens (including phenoxy) is 1. The SMILES string of the molecule is C/C1=C\C(O)=C(C(=O)O)C=NCCc2c1cc(-c1ccn[nH]1)c1c2CCO1. The van der Waals surface area contributed by atoms with Gasteiger partial charge in [-0.15, -0.1) is 0 Å². The third-order valence-corrected chi connectivity index (χ3v) is 4.88. The van der Waals surface area contributed by atoms with Crippen molar-refractivity contribution in [3.63, 3.8) is 0 Å². The van der Waals surface area contributed by atoms with Gasteiger partial charge in [0.05, 0.1) is 12.3 Å². The third kappa shape index (κ3) is 3.01. The molecule has 0 fully saturated rings. The summed E-state index contributed by atoms with van der Waals surface area (Å²) in [6.45, 7) is 2.92. The summed E-state index contributed by atoms with van der Waals surface area (Å²) in [5.74, 6) is -0.657. The zero-order chi connectivity index (χ0) is 19.0. The summed E-state index contributed by atoms with van der Waals surface area (Å²) >= 11 is 0. The number of nitrogens with zero attached hydrogens (tertiary/aromatic N) is 2. The van der Waals surface area contributed by atoms with E-state index in [1.165, 1.54) is 12.3 Å². The average Bonchev–Trinajstić information content (AvgIpc) is 3.32. The van der Waals surface area contributed by atoms with Crippen molar-refractivity contribution in [1.82, 2.24) is 10.2 Å². The van der Waals surface area contributed by atoms with E-state index >= 15 is 0 Å². The molecule has 4 rings (SSSR count). The highest BCUT2D eigenvalue weighted by atomic mass is 16.5. The van der Waals surface area contributed by atoms with Crippen molar-refractivity contribution in [3.8, 4) is 17.0 Å². The molecule has 0 spiro atoms. The van der Waals surface area contributed by atoms with E-state index in [9.17, 15) is 15.0 Å². The summed E-state index contributed by atoms with van der Waals surface area (Å²) in [5.41, 5.74) is 5.56. The van der Waals surface area contributed by atoms with Crippen LogP contribution in [0.15, 0.2) is 40.7 Å². The summed E-state index contributed by atoms with van der Waals surface area (Å²) in [7, 11) is 0. The van der Waals surface area contributed by atoms with Crippen LogP contribution in [0.4, 0.5) is 0 Å². The number of carbonyl (C=O) groups is 1. The van der Waals surface area contributed by atoms with Crippen molar-refractivity contribution in [1.29, 1.82) is 0 Å². The maximum atomic E-state index is 11.4. The number of nitrogens with one attached hydrogen (secondary N) is 1. The average molecular weight is 365 g/mol. The van der Waals surface area contributed by atoms with Crippen LogP contribution >= 0.6 is 0 Å². The van der Waals surface area contributed by atoms with Crippen LogP contribution in [-0.4, -0.2) is 45.7 Å². The van der Waals surface area contributed by atoms with Gasteiger partial charge in [-0.1, -0.05) is 0 Å². The first-order valence-electron chi connectivity index (χ1n) is 8.72. The van der Waals surface area contributed by atoms with Crippen LogP contribution in [0.5, 0.6) is 5.75 Å². The van der Waals surface area contributed by atoms with Crippen molar-refractivity contribution < 1.29 is 19.7 Å². The molecule has 138 valence electrons. The molecule has 0 unspecified atom stereocenters. The Bertz CT molecular complexity index is 1000. The minimum absolute atomic E-state index is 0.212. The number of benzene rings is 1. The van der Waals surface area contributed by atoms with Gasteiger partial charge in [-0.3, -0.25) is 10.1 Å². The van der Waals surface area contributed by atoms with E-state index in [4.69, 9.17) is 4.74 Å². The lowest BCUT2D eigenvalue weighted by atomic mass is 9.88. The number of aliphatic hydroxyl groups excluding tert-OH is 1. The smallest absolute Gasteiger partial charge is 0.341 e. The first kappa shape index (κ1) is 17.1. The predicted molar refractivity (Wildman–Crippen MR) is 101 cm³/mol. The number of allylic oxidation sites excluding steroid dienone is 2. The van der Waals surface area contributed by atoms with Gasteiger partial charge in [0, 0.05) is 36.5 Å². The topological polar surface area (TPSA) is 108 Å². The molecule has 0 atom stereocenters. The fourth-order valence-electron chi connectivity index (χ4n) is 3.61. The summed E-state index contributed by atoms with van der Waals surface area (Å²) < 4.78 is 5.91. The molecular formula is C20H19N3O4. The van der Waals surface area contributed by atoms with E-state index in [2.05, 4.69) is 15.2 Å². The summed E-state index contributed by atoms with van der Waals surface area (Å²) in [6.07, 6.45) is 5.87. The molecule has 0 amide bonds. The van der Waals surface area contributed by atoms with Gasteiger partial charge in [0.2, 0.25) is 0 Å². The Balaban J connectivity index is 1.95. The monoisotopic (exact) mass is 365 g/mol. The molecule has 2 aliphatic heterocycles. The quantitative estimate of drug-likeness (QED) is 0.758. The Labute approximate surface area is 155 Å². The standard InChI is InChI=1S/C20H19N3O4/c1-11-8-18(24)16(20(25)26)10-21-5-2-12-13-4-7-27-19(13)15(9-14(11)12)17-3-6-22-23-17/h3,6,8-10,24H,2,4-5,7H2,1H3,(H,22,23)(H,25,26)/b11-8+,18-16?,21-10?. The van der Waals surface area contributed by atoms with Gasteiger partial charge in [-0.25, -0.2) is 4.79 Å². The van der Waals surface area contributed by atoms with Crippen LogP contribution in [0.2, 0.25) is 0 Å². The Morgan fingerprint density at radius 1 is 1.26 bits per heavy atom. The van der Waals surface area contributed by atoms with Crippen molar-refractivity contribution in [2.75, 3.05) is 13.2 Å². The third-order valence-electron chi connectivity index (χ3n) is 4.88.